The Morgan fingerprint density at radius 3 is 2.26 bits per heavy atom. The highest BCUT2D eigenvalue weighted by Crippen LogP contribution is 2.10. The summed E-state index contributed by atoms with van der Waals surface area (Å²) >= 11 is 0. The van der Waals surface area contributed by atoms with Gasteiger partial charge in [-0.2, -0.15) is 0 Å². The SMILES string of the molecule is NCCC[C@H](N)CC(=O)NC1CNC(=O)[C@H]([C@H]2CCNC(N)=N2)NC(=O)/C(=C/NC(N)=O)NC(=O)[C@H](CO)NC(=O)C(CO)NC1=O. The first-order chi connectivity index (χ1) is 22.3. The summed E-state index contributed by atoms with van der Waals surface area (Å²) in [6, 6.07) is -9.17. The van der Waals surface area contributed by atoms with Crippen molar-refractivity contribution in [1.29, 1.82) is 0 Å². The summed E-state index contributed by atoms with van der Waals surface area (Å²) in [7, 11) is 0. The molecule has 0 radical (unpaired) electrons. The van der Waals surface area contributed by atoms with Crippen LogP contribution in [0.5, 0.6) is 0 Å². The molecule has 2 heterocycles. The molecule has 2 aliphatic heterocycles. The lowest BCUT2D eigenvalue weighted by Gasteiger charge is -2.29. The number of aliphatic hydroxyl groups excluding tert-OH is 2. The fraction of sp³-hybridized carbons (Fsp3) is 0.600. The topological polar surface area (TPSA) is 373 Å². The monoisotopic (exact) mass is 669 g/mol. The number of urea groups is 1. The summed E-state index contributed by atoms with van der Waals surface area (Å²) in [6.45, 7) is -1.97. The van der Waals surface area contributed by atoms with Gasteiger partial charge in [-0.1, -0.05) is 0 Å². The Bertz CT molecular complexity index is 1240. The van der Waals surface area contributed by atoms with E-state index in [9.17, 15) is 43.8 Å². The zero-order valence-electron chi connectivity index (χ0n) is 25.4. The Hall–Kier alpha value is -5.06. The molecule has 2 rings (SSSR count). The van der Waals surface area contributed by atoms with Crippen LogP contribution in [0.4, 0.5) is 4.79 Å². The predicted molar refractivity (Wildman–Crippen MR) is 163 cm³/mol. The molecule has 6 atom stereocenters. The number of guanidine groups is 1. The van der Waals surface area contributed by atoms with E-state index in [2.05, 4.69) is 42.2 Å². The third-order valence-corrected chi connectivity index (χ3v) is 6.86. The Morgan fingerprint density at radius 1 is 0.979 bits per heavy atom. The zero-order chi connectivity index (χ0) is 35.1. The molecule has 47 heavy (non-hydrogen) atoms. The molecule has 1 fully saturated rings. The minimum absolute atomic E-state index is 0.0398. The van der Waals surface area contributed by atoms with E-state index in [-0.39, 0.29) is 25.3 Å². The first-order valence-electron chi connectivity index (χ1n) is 14.6. The third-order valence-electron chi connectivity index (χ3n) is 6.86. The van der Waals surface area contributed by atoms with Crippen molar-refractivity contribution in [2.45, 2.75) is 61.9 Å². The number of nitrogens with two attached hydrogens (primary N) is 4. The van der Waals surface area contributed by atoms with E-state index in [1.807, 2.05) is 5.32 Å². The molecule has 0 spiro atoms. The lowest BCUT2D eigenvalue weighted by Crippen LogP contribution is -2.62. The summed E-state index contributed by atoms with van der Waals surface area (Å²) < 4.78 is 0. The van der Waals surface area contributed by atoms with Crippen molar-refractivity contribution >= 4 is 47.4 Å². The number of amides is 8. The van der Waals surface area contributed by atoms with Crippen LogP contribution >= 0.6 is 0 Å². The van der Waals surface area contributed by atoms with Gasteiger partial charge in [-0.05, 0) is 25.8 Å². The number of hydrogen-bond acceptors (Lipinski definition) is 14. The lowest BCUT2D eigenvalue weighted by atomic mass is 10.0. The van der Waals surface area contributed by atoms with Gasteiger partial charge < -0.3 is 75.7 Å². The second-order valence-electron chi connectivity index (χ2n) is 10.6. The molecule has 0 bridgehead atoms. The highest BCUT2D eigenvalue weighted by Gasteiger charge is 2.35. The maximum absolute atomic E-state index is 13.5. The molecule has 2 aliphatic rings. The standard InChI is InChI=1S/C25H43N13O9/c26-4-1-2-11(27)6-17(41)33-13-7-31-23(46)18(12-3-5-30-24(28)37-12)38-20(43)14(8-32-25(29)47)34-21(44)15(9-39)36-22(45)16(10-40)35-19(13)42/h8,11-13,15-16,18,39-40H,1-7,9-10,26-27H2,(H,31,46)(H,33,41)(H,34,44)(H,35,42)(H,36,45)(H,38,43)(H3,28,30,37)(H3,29,32,47)/b14-8-/t11-,12+,13?,15-,16?,18-/m0/s1. The summed E-state index contributed by atoms with van der Waals surface area (Å²) in [6.07, 6.45) is 1.63. The zero-order valence-corrected chi connectivity index (χ0v) is 25.4. The fourth-order valence-corrected chi connectivity index (χ4v) is 4.38. The van der Waals surface area contributed by atoms with Crippen LogP contribution in [0.3, 0.4) is 0 Å². The number of carbonyl (C=O) groups is 7. The van der Waals surface area contributed by atoms with E-state index in [1.165, 1.54) is 0 Å². The molecule has 8 amide bonds. The van der Waals surface area contributed by atoms with Crippen molar-refractivity contribution in [3.63, 3.8) is 0 Å². The van der Waals surface area contributed by atoms with Crippen LogP contribution in [0.15, 0.2) is 16.9 Å². The molecule has 262 valence electrons. The van der Waals surface area contributed by atoms with Crippen molar-refractivity contribution in [2.75, 3.05) is 32.8 Å². The van der Waals surface area contributed by atoms with Crippen molar-refractivity contribution in [3.05, 3.63) is 11.9 Å². The van der Waals surface area contributed by atoms with Gasteiger partial charge in [0, 0.05) is 31.8 Å². The largest absolute Gasteiger partial charge is 0.394 e. The van der Waals surface area contributed by atoms with Crippen molar-refractivity contribution in [2.24, 2.45) is 27.9 Å². The molecule has 0 aliphatic carbocycles. The van der Waals surface area contributed by atoms with Gasteiger partial charge in [-0.3, -0.25) is 28.8 Å². The molecular weight excluding hydrogens is 626 g/mol. The maximum Gasteiger partial charge on any atom is 0.316 e. The number of nitrogens with zero attached hydrogens (tertiary/aromatic N) is 1. The smallest absolute Gasteiger partial charge is 0.316 e. The number of hydrogen-bond donors (Lipinski definition) is 14. The number of primary amides is 1. The minimum atomic E-state index is -1.75. The first-order valence-corrected chi connectivity index (χ1v) is 14.6. The van der Waals surface area contributed by atoms with Gasteiger partial charge in [0.2, 0.25) is 29.5 Å². The minimum Gasteiger partial charge on any atom is -0.394 e. The van der Waals surface area contributed by atoms with Crippen LogP contribution in [0.25, 0.3) is 0 Å². The van der Waals surface area contributed by atoms with Crippen molar-refractivity contribution in [1.82, 2.24) is 42.5 Å². The third kappa shape index (κ3) is 12.3. The molecule has 22 heteroatoms. The van der Waals surface area contributed by atoms with Crippen LogP contribution < -0.4 is 65.5 Å². The number of carbonyl (C=O) groups excluding carboxylic acids is 7. The van der Waals surface area contributed by atoms with Gasteiger partial charge in [0.25, 0.3) is 5.91 Å². The van der Waals surface area contributed by atoms with Gasteiger partial charge in [0.05, 0.1) is 19.3 Å². The quantitative estimate of drug-likeness (QED) is 0.0962. The summed E-state index contributed by atoms with van der Waals surface area (Å²) in [5.74, 6) is -6.10. The first kappa shape index (κ1) is 38.1. The number of rotatable bonds is 10. The number of aliphatic imine (C=N–C) groups is 1. The fourth-order valence-electron chi connectivity index (χ4n) is 4.38. The van der Waals surface area contributed by atoms with E-state index in [1.54, 1.807) is 0 Å². The molecule has 2 unspecified atom stereocenters. The average Bonchev–Trinajstić information content (AvgIpc) is 3.02. The molecule has 0 aromatic carbocycles. The second kappa shape index (κ2) is 18.8. The Morgan fingerprint density at radius 2 is 1.64 bits per heavy atom. The molecule has 0 aromatic rings. The normalized spacial score (nSPS) is 26.3. The summed E-state index contributed by atoms with van der Waals surface area (Å²) in [5.41, 5.74) is 21.6. The van der Waals surface area contributed by atoms with Gasteiger partial charge >= 0.3 is 6.03 Å². The molecule has 22 nitrogen and oxygen atoms in total. The van der Waals surface area contributed by atoms with E-state index in [4.69, 9.17) is 22.9 Å². The van der Waals surface area contributed by atoms with Crippen LogP contribution in [0.2, 0.25) is 0 Å². The van der Waals surface area contributed by atoms with E-state index in [0.717, 1.165) is 0 Å². The average molecular weight is 670 g/mol. The van der Waals surface area contributed by atoms with Crippen LogP contribution in [0.1, 0.15) is 25.7 Å². The molecule has 18 N–H and O–H groups in total. The highest BCUT2D eigenvalue weighted by atomic mass is 16.3. The Kier molecular flexibility index (Phi) is 15.2. The molecule has 0 aromatic heterocycles. The van der Waals surface area contributed by atoms with Crippen molar-refractivity contribution < 1.29 is 43.8 Å². The molecular formula is C25H43N13O9. The van der Waals surface area contributed by atoms with Gasteiger partial charge in [-0.15, -0.1) is 0 Å². The molecule has 0 saturated carbocycles. The Balaban J connectivity index is 2.52. The van der Waals surface area contributed by atoms with Crippen LogP contribution in [-0.2, 0) is 28.8 Å². The summed E-state index contributed by atoms with van der Waals surface area (Å²) in [4.78, 5) is 94.3. The maximum atomic E-state index is 13.5. The van der Waals surface area contributed by atoms with Gasteiger partial charge in [0.1, 0.15) is 29.9 Å². The van der Waals surface area contributed by atoms with Crippen LogP contribution in [0, 0.1) is 0 Å². The van der Waals surface area contributed by atoms with Crippen molar-refractivity contribution in [3.8, 4) is 0 Å². The van der Waals surface area contributed by atoms with Crippen LogP contribution in [-0.4, -0.2) is 127 Å². The van der Waals surface area contributed by atoms with Gasteiger partial charge in [-0.25, -0.2) is 9.79 Å². The second-order valence-corrected chi connectivity index (χ2v) is 10.6. The summed E-state index contributed by atoms with van der Waals surface area (Å²) in [5, 5.41) is 38.1. The lowest BCUT2D eigenvalue weighted by molar-refractivity contribution is -0.135. The van der Waals surface area contributed by atoms with E-state index >= 15 is 0 Å². The number of nitrogens with one attached hydrogen (secondary N) is 8. The Labute approximate surface area is 268 Å². The predicted octanol–water partition coefficient (Wildman–Crippen LogP) is -8.20. The molecule has 1 saturated heterocycles. The van der Waals surface area contributed by atoms with E-state index < -0.39 is 103 Å². The number of aliphatic hydroxyl groups is 2. The highest BCUT2D eigenvalue weighted by molar-refractivity contribution is 6.02. The van der Waals surface area contributed by atoms with Gasteiger partial charge in [0.15, 0.2) is 5.96 Å². The van der Waals surface area contributed by atoms with E-state index in [0.29, 0.717) is 25.6 Å².